The second-order valence-corrected chi connectivity index (χ2v) is 7.49. The van der Waals surface area contributed by atoms with E-state index >= 15 is 0 Å². The molecule has 0 spiro atoms. The fourth-order valence-electron chi connectivity index (χ4n) is 2.60. The zero-order valence-corrected chi connectivity index (χ0v) is 17.1. The number of halogens is 1. The van der Waals surface area contributed by atoms with E-state index in [1.54, 1.807) is 12.1 Å². The maximum Gasteiger partial charge on any atom is 0.335 e. The van der Waals surface area contributed by atoms with Crippen LogP contribution in [-0.4, -0.2) is 46.7 Å². The number of nitrogens with zero attached hydrogens (tertiary/aromatic N) is 1. The van der Waals surface area contributed by atoms with E-state index in [9.17, 15) is 19.2 Å². The molecule has 0 unspecified atom stereocenters. The number of carbonyl (C=O) groups is 4. The Morgan fingerprint density at radius 3 is 2.50 bits per heavy atom. The molecule has 1 fully saturated rings. The average Bonchev–Trinajstić information content (AvgIpc) is 2.96. The molecule has 2 aromatic carbocycles. The van der Waals surface area contributed by atoms with Crippen molar-refractivity contribution in [2.45, 2.75) is 0 Å². The van der Waals surface area contributed by atoms with E-state index in [1.165, 1.54) is 43.5 Å². The molecule has 0 bridgehead atoms. The van der Waals surface area contributed by atoms with Crippen molar-refractivity contribution < 1.29 is 29.0 Å². The number of benzene rings is 2. The summed E-state index contributed by atoms with van der Waals surface area (Å²) >= 11 is 6.72. The van der Waals surface area contributed by atoms with Crippen LogP contribution in [0.4, 0.5) is 10.5 Å². The second kappa shape index (κ2) is 9.02. The number of aromatic carboxylic acids is 1. The van der Waals surface area contributed by atoms with Crippen LogP contribution in [0.2, 0.25) is 5.02 Å². The van der Waals surface area contributed by atoms with Gasteiger partial charge in [-0.15, -0.1) is 0 Å². The Labute approximate surface area is 180 Å². The molecule has 10 heteroatoms. The predicted octanol–water partition coefficient (Wildman–Crippen LogP) is 3.72. The first-order valence-electron chi connectivity index (χ1n) is 8.50. The molecule has 154 valence electrons. The van der Waals surface area contributed by atoms with Crippen molar-refractivity contribution in [3.05, 3.63) is 63.5 Å². The molecule has 1 heterocycles. The summed E-state index contributed by atoms with van der Waals surface area (Å²) < 4.78 is 5.04. The van der Waals surface area contributed by atoms with Gasteiger partial charge in [0.25, 0.3) is 11.1 Å². The number of carbonyl (C=O) groups excluding carboxylic acids is 3. The van der Waals surface area contributed by atoms with Gasteiger partial charge in [-0.3, -0.25) is 19.3 Å². The smallest absolute Gasteiger partial charge is 0.335 e. The third-order valence-electron chi connectivity index (χ3n) is 4.07. The molecule has 0 radical (unpaired) electrons. The van der Waals surface area contributed by atoms with Crippen molar-refractivity contribution >= 4 is 58.1 Å². The Morgan fingerprint density at radius 1 is 1.20 bits per heavy atom. The molecule has 1 saturated heterocycles. The first-order chi connectivity index (χ1) is 14.3. The van der Waals surface area contributed by atoms with Crippen LogP contribution in [0.3, 0.4) is 0 Å². The quantitative estimate of drug-likeness (QED) is 0.650. The Kier molecular flexibility index (Phi) is 6.43. The van der Waals surface area contributed by atoms with E-state index in [4.69, 9.17) is 21.4 Å². The number of anilines is 1. The molecule has 1 aliphatic heterocycles. The predicted molar refractivity (Wildman–Crippen MR) is 113 cm³/mol. The zero-order chi connectivity index (χ0) is 21.8. The van der Waals surface area contributed by atoms with Crippen LogP contribution in [0.15, 0.2) is 47.4 Å². The Bertz CT molecular complexity index is 1070. The van der Waals surface area contributed by atoms with Crippen LogP contribution in [0.25, 0.3) is 6.08 Å². The number of nitrogens with one attached hydrogen (secondary N) is 1. The van der Waals surface area contributed by atoms with Crippen LogP contribution >= 0.6 is 23.4 Å². The number of hydrogen-bond donors (Lipinski definition) is 2. The van der Waals surface area contributed by atoms with Gasteiger partial charge in [0.2, 0.25) is 5.91 Å². The summed E-state index contributed by atoms with van der Waals surface area (Å²) in [7, 11) is 1.47. The average molecular weight is 447 g/mol. The largest absolute Gasteiger partial charge is 0.495 e. The number of carboxylic acids is 1. The molecular formula is C20H15ClN2O6S. The Hall–Kier alpha value is -3.30. The number of ether oxygens (including phenoxy) is 1. The molecule has 0 atom stereocenters. The summed E-state index contributed by atoms with van der Waals surface area (Å²) in [5.41, 5.74) is 1.06. The highest BCUT2D eigenvalue weighted by Gasteiger charge is 2.36. The van der Waals surface area contributed by atoms with E-state index in [2.05, 4.69) is 5.32 Å². The maximum absolute atomic E-state index is 12.5. The monoisotopic (exact) mass is 446 g/mol. The van der Waals surface area contributed by atoms with Gasteiger partial charge in [-0.05, 0) is 53.7 Å². The molecular weight excluding hydrogens is 432 g/mol. The lowest BCUT2D eigenvalue weighted by Crippen LogP contribution is -2.36. The molecule has 3 rings (SSSR count). The van der Waals surface area contributed by atoms with Crippen molar-refractivity contribution in [3.63, 3.8) is 0 Å². The van der Waals surface area contributed by atoms with Crippen LogP contribution in [-0.2, 0) is 9.59 Å². The summed E-state index contributed by atoms with van der Waals surface area (Å²) in [5.74, 6) is -1.78. The van der Waals surface area contributed by atoms with Gasteiger partial charge in [-0.2, -0.15) is 0 Å². The van der Waals surface area contributed by atoms with Crippen LogP contribution in [0.5, 0.6) is 5.75 Å². The Morgan fingerprint density at radius 2 is 1.90 bits per heavy atom. The lowest BCUT2D eigenvalue weighted by atomic mass is 10.1. The number of carboxylic acid groups (broad SMARTS) is 1. The van der Waals surface area contributed by atoms with Gasteiger partial charge in [-0.25, -0.2) is 4.79 Å². The molecule has 1 aliphatic rings. The van der Waals surface area contributed by atoms with Crippen LogP contribution < -0.4 is 10.1 Å². The lowest BCUT2D eigenvalue weighted by molar-refractivity contribution is -0.127. The third kappa shape index (κ3) is 4.81. The van der Waals surface area contributed by atoms with Crippen LogP contribution in [0.1, 0.15) is 15.9 Å². The summed E-state index contributed by atoms with van der Waals surface area (Å²) in [6.45, 7) is -0.455. The van der Waals surface area contributed by atoms with Gasteiger partial charge in [0, 0.05) is 5.69 Å². The molecule has 3 amide bonds. The fraction of sp³-hybridized carbons (Fsp3) is 0.100. The minimum Gasteiger partial charge on any atom is -0.495 e. The minimum atomic E-state index is -1.06. The van der Waals surface area contributed by atoms with Crippen molar-refractivity contribution in [2.24, 2.45) is 0 Å². The normalized spacial score (nSPS) is 14.9. The minimum absolute atomic E-state index is 0.107. The number of rotatable bonds is 6. The standard InChI is InChI=1S/C20H15ClN2O6S/c1-29-15-7-6-13(9-14(15)21)22-17(24)10-23-18(25)16(30-20(23)28)8-11-2-4-12(5-3-11)19(26)27/h2-9H,10H2,1H3,(H,22,24)(H,26,27)/b16-8-. The molecule has 2 N–H and O–H groups in total. The Balaban J connectivity index is 1.67. The summed E-state index contributed by atoms with van der Waals surface area (Å²) in [4.78, 5) is 48.9. The first kappa shape index (κ1) is 21.4. The van der Waals surface area contributed by atoms with E-state index in [-0.39, 0.29) is 10.5 Å². The second-order valence-electron chi connectivity index (χ2n) is 6.09. The highest BCUT2D eigenvalue weighted by molar-refractivity contribution is 8.18. The highest BCUT2D eigenvalue weighted by atomic mass is 35.5. The summed E-state index contributed by atoms with van der Waals surface area (Å²) in [6.07, 6.45) is 1.47. The van der Waals surface area contributed by atoms with Gasteiger partial charge < -0.3 is 15.2 Å². The van der Waals surface area contributed by atoms with Crippen molar-refractivity contribution in [1.29, 1.82) is 0 Å². The highest BCUT2D eigenvalue weighted by Crippen LogP contribution is 2.32. The third-order valence-corrected chi connectivity index (χ3v) is 5.27. The molecule has 0 saturated carbocycles. The lowest BCUT2D eigenvalue weighted by Gasteiger charge is -2.13. The van der Waals surface area contributed by atoms with E-state index in [0.717, 1.165) is 4.90 Å². The summed E-state index contributed by atoms with van der Waals surface area (Å²) in [6, 6.07) is 10.5. The van der Waals surface area contributed by atoms with E-state index in [1.807, 2.05) is 0 Å². The van der Waals surface area contributed by atoms with Gasteiger partial charge in [0.15, 0.2) is 0 Å². The van der Waals surface area contributed by atoms with E-state index < -0.39 is 29.6 Å². The van der Waals surface area contributed by atoms with Crippen LogP contribution in [0, 0.1) is 0 Å². The molecule has 0 aromatic heterocycles. The van der Waals surface area contributed by atoms with Gasteiger partial charge in [0.1, 0.15) is 12.3 Å². The summed E-state index contributed by atoms with van der Waals surface area (Å²) in [5, 5.41) is 11.2. The van der Waals surface area contributed by atoms with Crippen molar-refractivity contribution in [2.75, 3.05) is 19.0 Å². The number of methoxy groups -OCH3 is 1. The SMILES string of the molecule is COc1ccc(NC(=O)CN2C(=O)S/C(=C\c3ccc(C(=O)O)cc3)C2=O)cc1Cl. The topological polar surface area (TPSA) is 113 Å². The number of thioether (sulfide) groups is 1. The van der Waals surface area contributed by atoms with Crippen molar-refractivity contribution in [3.8, 4) is 5.75 Å². The van der Waals surface area contributed by atoms with Gasteiger partial charge >= 0.3 is 5.97 Å². The van der Waals surface area contributed by atoms with Gasteiger partial charge in [0.05, 0.1) is 22.6 Å². The molecule has 30 heavy (non-hydrogen) atoms. The first-order valence-corrected chi connectivity index (χ1v) is 9.70. The maximum atomic E-state index is 12.5. The number of amides is 3. The number of hydrogen-bond acceptors (Lipinski definition) is 6. The zero-order valence-electron chi connectivity index (χ0n) is 15.5. The molecule has 0 aliphatic carbocycles. The number of imide groups is 1. The van der Waals surface area contributed by atoms with Gasteiger partial charge in [-0.1, -0.05) is 23.7 Å². The van der Waals surface area contributed by atoms with E-state index in [0.29, 0.717) is 33.8 Å². The van der Waals surface area contributed by atoms with Crippen molar-refractivity contribution in [1.82, 2.24) is 4.90 Å². The molecule has 2 aromatic rings. The molecule has 8 nitrogen and oxygen atoms in total. The fourth-order valence-corrected chi connectivity index (χ4v) is 3.69.